The van der Waals surface area contributed by atoms with Crippen LogP contribution in [-0.2, 0) is 27.7 Å². The Bertz CT molecular complexity index is 1000. The second-order valence-electron chi connectivity index (χ2n) is 7.42. The fraction of sp³-hybridized carbons (Fsp3) is 0.381. The highest BCUT2D eigenvalue weighted by molar-refractivity contribution is 7.92. The molecule has 0 heterocycles. The van der Waals surface area contributed by atoms with E-state index in [2.05, 4.69) is 17.4 Å². The molecule has 5 nitrogen and oxygen atoms in total. The van der Waals surface area contributed by atoms with Crippen LogP contribution in [0.4, 0.5) is 5.69 Å². The van der Waals surface area contributed by atoms with E-state index in [1.807, 2.05) is 13.0 Å². The molecule has 1 N–H and O–H groups in total. The molecule has 8 heteroatoms. The van der Waals surface area contributed by atoms with Crippen molar-refractivity contribution in [2.24, 2.45) is 0 Å². The van der Waals surface area contributed by atoms with Gasteiger partial charge in [-0.25, -0.2) is 8.42 Å². The average Bonchev–Trinajstić information content (AvgIpc) is 2.64. The molecule has 0 saturated carbocycles. The summed E-state index contributed by atoms with van der Waals surface area (Å²) in [6.45, 7) is 1.54. The SMILES string of the molecule is C[C@@H](NC(=O)CN(c1cc(Cl)cc(Cl)c1)S(C)(=O)=O)c1ccc2c(c1)CCCC2. The molecule has 29 heavy (non-hydrogen) atoms. The minimum atomic E-state index is -3.70. The van der Waals surface area contributed by atoms with Gasteiger partial charge in [0.2, 0.25) is 15.9 Å². The average molecular weight is 455 g/mol. The highest BCUT2D eigenvalue weighted by Gasteiger charge is 2.23. The Kier molecular flexibility index (Phi) is 6.76. The zero-order valence-electron chi connectivity index (χ0n) is 16.4. The number of aryl methyl sites for hydroxylation is 2. The number of hydrogen-bond acceptors (Lipinski definition) is 3. The highest BCUT2D eigenvalue weighted by Crippen LogP contribution is 2.27. The van der Waals surface area contributed by atoms with E-state index in [0.717, 1.165) is 29.0 Å². The molecule has 2 aromatic carbocycles. The molecule has 0 aliphatic heterocycles. The first kappa shape index (κ1) is 21.9. The Morgan fingerprint density at radius 2 is 1.69 bits per heavy atom. The zero-order valence-corrected chi connectivity index (χ0v) is 18.7. The molecule has 1 aliphatic carbocycles. The smallest absolute Gasteiger partial charge is 0.241 e. The molecule has 0 fully saturated rings. The molecular formula is C21H24Cl2N2O3S. The van der Waals surface area contributed by atoms with Crippen molar-refractivity contribution in [2.75, 3.05) is 17.1 Å². The van der Waals surface area contributed by atoms with Gasteiger partial charge in [-0.3, -0.25) is 9.10 Å². The van der Waals surface area contributed by atoms with E-state index in [1.54, 1.807) is 0 Å². The molecular weight excluding hydrogens is 431 g/mol. The van der Waals surface area contributed by atoms with Crippen LogP contribution in [0.2, 0.25) is 10.0 Å². The molecule has 1 amide bonds. The van der Waals surface area contributed by atoms with Gasteiger partial charge in [-0.05, 0) is 67.5 Å². The van der Waals surface area contributed by atoms with Gasteiger partial charge in [-0.2, -0.15) is 0 Å². The number of nitrogens with one attached hydrogen (secondary N) is 1. The summed E-state index contributed by atoms with van der Waals surface area (Å²) >= 11 is 12.0. The molecule has 156 valence electrons. The van der Waals surface area contributed by atoms with E-state index in [-0.39, 0.29) is 18.3 Å². The van der Waals surface area contributed by atoms with E-state index in [4.69, 9.17) is 23.2 Å². The first-order chi connectivity index (χ1) is 13.6. The lowest BCUT2D eigenvalue weighted by Gasteiger charge is -2.24. The van der Waals surface area contributed by atoms with Gasteiger partial charge in [-0.1, -0.05) is 41.4 Å². The third-order valence-corrected chi connectivity index (χ3v) is 6.65. The number of hydrogen-bond donors (Lipinski definition) is 1. The third-order valence-electron chi connectivity index (χ3n) is 5.07. The highest BCUT2D eigenvalue weighted by atomic mass is 35.5. The predicted molar refractivity (Wildman–Crippen MR) is 118 cm³/mol. The summed E-state index contributed by atoms with van der Waals surface area (Å²) in [6.07, 6.45) is 5.60. The van der Waals surface area contributed by atoms with Crippen molar-refractivity contribution in [3.05, 3.63) is 63.1 Å². The maximum atomic E-state index is 12.6. The molecule has 0 bridgehead atoms. The summed E-state index contributed by atoms with van der Waals surface area (Å²) in [5.41, 5.74) is 3.97. The largest absolute Gasteiger partial charge is 0.348 e. The van der Waals surface area contributed by atoms with Crippen molar-refractivity contribution >= 4 is 44.8 Å². The molecule has 0 radical (unpaired) electrons. The van der Waals surface area contributed by atoms with Crippen LogP contribution < -0.4 is 9.62 Å². The van der Waals surface area contributed by atoms with Gasteiger partial charge in [0, 0.05) is 10.0 Å². The lowest BCUT2D eigenvalue weighted by molar-refractivity contribution is -0.120. The maximum Gasteiger partial charge on any atom is 0.241 e. The Balaban J connectivity index is 1.75. The number of halogens is 2. The van der Waals surface area contributed by atoms with Gasteiger partial charge < -0.3 is 5.32 Å². The molecule has 1 aliphatic rings. The summed E-state index contributed by atoms with van der Waals surface area (Å²) in [5, 5.41) is 3.48. The van der Waals surface area contributed by atoms with Crippen LogP contribution in [0.1, 0.15) is 42.5 Å². The van der Waals surface area contributed by atoms with Crippen LogP contribution in [0.15, 0.2) is 36.4 Å². The van der Waals surface area contributed by atoms with Crippen molar-refractivity contribution in [1.29, 1.82) is 0 Å². The van der Waals surface area contributed by atoms with E-state index in [1.165, 1.54) is 42.2 Å². The van der Waals surface area contributed by atoms with Gasteiger partial charge in [0.1, 0.15) is 6.54 Å². The molecule has 0 saturated heterocycles. The molecule has 0 unspecified atom stereocenters. The summed E-state index contributed by atoms with van der Waals surface area (Å²) in [5.74, 6) is -0.406. The summed E-state index contributed by atoms with van der Waals surface area (Å²) in [4.78, 5) is 12.6. The molecule has 1 atom stereocenters. The van der Waals surface area contributed by atoms with Crippen LogP contribution in [0.3, 0.4) is 0 Å². The molecule has 2 aromatic rings. The second kappa shape index (κ2) is 8.94. The van der Waals surface area contributed by atoms with Crippen molar-refractivity contribution < 1.29 is 13.2 Å². The van der Waals surface area contributed by atoms with Crippen LogP contribution in [0, 0.1) is 0 Å². The monoisotopic (exact) mass is 454 g/mol. The summed E-state index contributed by atoms with van der Waals surface area (Å²) in [7, 11) is -3.70. The summed E-state index contributed by atoms with van der Waals surface area (Å²) in [6, 6.07) is 10.5. The van der Waals surface area contributed by atoms with Gasteiger partial charge in [0.15, 0.2) is 0 Å². The number of carbonyl (C=O) groups is 1. The van der Waals surface area contributed by atoms with Crippen LogP contribution in [-0.4, -0.2) is 27.1 Å². The Hall–Kier alpha value is -1.76. The van der Waals surface area contributed by atoms with Gasteiger partial charge in [0.05, 0.1) is 18.0 Å². The number of benzene rings is 2. The maximum absolute atomic E-state index is 12.6. The van der Waals surface area contributed by atoms with E-state index in [9.17, 15) is 13.2 Å². The fourth-order valence-electron chi connectivity index (χ4n) is 3.61. The Morgan fingerprint density at radius 1 is 1.07 bits per heavy atom. The predicted octanol–water partition coefficient (Wildman–Crippen LogP) is 4.52. The topological polar surface area (TPSA) is 66.5 Å². The number of amides is 1. The van der Waals surface area contributed by atoms with Crippen LogP contribution in [0.25, 0.3) is 0 Å². The van der Waals surface area contributed by atoms with Crippen LogP contribution >= 0.6 is 23.2 Å². The van der Waals surface area contributed by atoms with E-state index in [0.29, 0.717) is 10.0 Å². The Labute approximate surface area is 182 Å². The number of fused-ring (bicyclic) bond motifs is 1. The molecule has 0 spiro atoms. The quantitative estimate of drug-likeness (QED) is 0.697. The fourth-order valence-corrected chi connectivity index (χ4v) is 4.96. The lowest BCUT2D eigenvalue weighted by Crippen LogP contribution is -2.41. The van der Waals surface area contributed by atoms with E-state index >= 15 is 0 Å². The standard InChI is InChI=1S/C21H24Cl2N2O3S/c1-14(16-8-7-15-5-3-4-6-17(15)9-16)24-21(26)13-25(29(2,27)28)20-11-18(22)10-19(23)12-20/h7-12,14H,3-6,13H2,1-2H3,(H,24,26)/t14-/m1/s1. The minimum absolute atomic E-state index is 0.237. The van der Waals surface area contributed by atoms with Crippen LogP contribution in [0.5, 0.6) is 0 Å². The van der Waals surface area contributed by atoms with Crippen molar-refractivity contribution in [1.82, 2.24) is 5.32 Å². The van der Waals surface area contributed by atoms with E-state index < -0.39 is 15.9 Å². The van der Waals surface area contributed by atoms with Crippen molar-refractivity contribution in [3.8, 4) is 0 Å². The van der Waals surface area contributed by atoms with Gasteiger partial charge in [0.25, 0.3) is 0 Å². The van der Waals surface area contributed by atoms with Gasteiger partial charge >= 0.3 is 0 Å². The molecule has 0 aromatic heterocycles. The first-order valence-corrected chi connectivity index (χ1v) is 12.1. The second-order valence-corrected chi connectivity index (χ2v) is 10.2. The van der Waals surface area contributed by atoms with Gasteiger partial charge in [-0.15, -0.1) is 0 Å². The minimum Gasteiger partial charge on any atom is -0.348 e. The molecule has 3 rings (SSSR count). The number of carbonyl (C=O) groups excluding carboxylic acids is 1. The number of anilines is 1. The number of sulfonamides is 1. The lowest BCUT2D eigenvalue weighted by atomic mass is 9.89. The number of rotatable bonds is 6. The third kappa shape index (κ3) is 5.65. The normalized spacial score (nSPS) is 14.8. The Morgan fingerprint density at radius 3 is 2.31 bits per heavy atom. The van der Waals surface area contributed by atoms with Crippen molar-refractivity contribution in [3.63, 3.8) is 0 Å². The zero-order chi connectivity index (χ0) is 21.2. The number of nitrogens with zero attached hydrogens (tertiary/aromatic N) is 1. The summed E-state index contributed by atoms with van der Waals surface area (Å²) < 4.78 is 25.5. The van der Waals surface area contributed by atoms with Crippen molar-refractivity contribution in [2.45, 2.75) is 38.6 Å². The first-order valence-electron chi connectivity index (χ1n) is 9.48.